The molecular weight excluding hydrogens is 196 g/mol. The molecule has 1 aliphatic carbocycles. The Bertz CT molecular complexity index is 247. The van der Waals surface area contributed by atoms with Crippen LogP contribution in [0.4, 0.5) is 0 Å². The van der Waals surface area contributed by atoms with Crippen molar-refractivity contribution < 1.29 is 4.79 Å². The second-order valence-corrected chi connectivity index (χ2v) is 4.73. The largest absolute Gasteiger partial charge is 0.364 e. The Morgan fingerprint density at radius 2 is 2.21 bits per heavy atom. The lowest BCUT2D eigenvalue weighted by atomic mass is 9.89. The maximum absolute atomic E-state index is 10.8. The van der Waals surface area contributed by atoms with E-state index in [2.05, 4.69) is 10.3 Å². The number of amides is 1. The first-order valence-corrected chi connectivity index (χ1v) is 6.09. The van der Waals surface area contributed by atoms with Crippen molar-refractivity contribution in [1.29, 1.82) is 0 Å². The summed E-state index contributed by atoms with van der Waals surface area (Å²) in [6.07, 6.45) is 6.75. The summed E-state index contributed by atoms with van der Waals surface area (Å²) in [4.78, 5) is 14.6. The molecule has 1 aliphatic heterocycles. The molecular formula is C10H15N2OS. The summed E-state index contributed by atoms with van der Waals surface area (Å²) < 4.78 is 0. The third-order valence-electron chi connectivity index (χ3n) is 2.75. The Morgan fingerprint density at radius 3 is 2.86 bits per heavy atom. The van der Waals surface area contributed by atoms with Gasteiger partial charge in [0.05, 0.1) is 0 Å². The summed E-state index contributed by atoms with van der Waals surface area (Å²) in [7, 11) is 0. The normalized spacial score (nSPS) is 23.7. The van der Waals surface area contributed by atoms with Gasteiger partial charge >= 0.3 is 0 Å². The topological polar surface area (TPSA) is 41.5 Å². The van der Waals surface area contributed by atoms with Crippen LogP contribution in [0.5, 0.6) is 0 Å². The predicted molar refractivity (Wildman–Crippen MR) is 58.9 cm³/mol. The Labute approximate surface area is 88.7 Å². The van der Waals surface area contributed by atoms with Gasteiger partial charge in [-0.3, -0.25) is 4.79 Å². The number of hydrogen-bond donors (Lipinski definition) is 1. The lowest BCUT2D eigenvalue weighted by Crippen LogP contribution is -2.27. The van der Waals surface area contributed by atoms with Crippen LogP contribution in [0.25, 0.3) is 0 Å². The smallest absolute Gasteiger partial charge is 0.263 e. The van der Waals surface area contributed by atoms with E-state index in [0.29, 0.717) is 0 Å². The Morgan fingerprint density at radius 1 is 1.43 bits per heavy atom. The molecule has 4 heteroatoms. The molecule has 0 saturated heterocycles. The van der Waals surface area contributed by atoms with Gasteiger partial charge in [-0.25, -0.2) is 0 Å². The molecule has 0 unspecified atom stereocenters. The molecule has 0 bridgehead atoms. The van der Waals surface area contributed by atoms with E-state index in [1.54, 1.807) is 5.75 Å². The minimum atomic E-state index is -0.124. The van der Waals surface area contributed by atoms with E-state index < -0.39 is 0 Å². The summed E-state index contributed by atoms with van der Waals surface area (Å²) in [5.41, 5.74) is 0. The standard InChI is InChI=1S/C10H15N2OS/c13-9-7-14-10(12-9)11-6-8-4-2-1-3-5-8/h7-8H,1-6H2,(H,11,12,13). The molecule has 1 radical (unpaired) electrons. The Kier molecular flexibility index (Phi) is 3.45. The number of aliphatic imine (C=N–C) groups is 1. The molecule has 0 atom stereocenters. The van der Waals surface area contributed by atoms with E-state index in [1.165, 1.54) is 43.9 Å². The van der Waals surface area contributed by atoms with Crippen LogP contribution in [0.1, 0.15) is 32.1 Å². The van der Waals surface area contributed by atoms with Gasteiger partial charge in [0.2, 0.25) is 0 Å². The highest BCUT2D eigenvalue weighted by molar-refractivity contribution is 8.16. The summed E-state index contributed by atoms with van der Waals surface area (Å²) in [5, 5.41) is 4.02. The van der Waals surface area contributed by atoms with Crippen LogP contribution in [-0.2, 0) is 4.79 Å². The molecule has 77 valence electrons. The van der Waals surface area contributed by atoms with Crippen molar-refractivity contribution >= 4 is 22.8 Å². The van der Waals surface area contributed by atoms with Crippen LogP contribution in [0, 0.1) is 11.7 Å². The van der Waals surface area contributed by atoms with Gasteiger partial charge < -0.3 is 5.32 Å². The third kappa shape index (κ3) is 2.74. The van der Waals surface area contributed by atoms with Crippen LogP contribution in [0.15, 0.2) is 4.99 Å². The molecule has 2 aliphatic rings. The van der Waals surface area contributed by atoms with Crippen LogP contribution >= 0.6 is 11.8 Å². The molecule has 3 nitrogen and oxygen atoms in total. The van der Waals surface area contributed by atoms with Crippen LogP contribution in [0.2, 0.25) is 0 Å². The maximum Gasteiger partial charge on any atom is 0.263 e. The molecule has 0 aromatic rings. The van der Waals surface area contributed by atoms with E-state index >= 15 is 0 Å². The number of carbonyl (C=O) groups is 1. The first kappa shape index (κ1) is 10.0. The number of carbonyl (C=O) groups excluding carboxylic acids is 1. The summed E-state index contributed by atoms with van der Waals surface area (Å²) in [6.45, 7) is 0.979. The number of thioether (sulfide) groups is 1. The van der Waals surface area contributed by atoms with Gasteiger partial charge in [-0.15, -0.1) is 0 Å². The number of rotatable bonds is 2. The van der Waals surface area contributed by atoms with E-state index in [-0.39, 0.29) is 5.91 Å². The fourth-order valence-corrected chi connectivity index (χ4v) is 2.54. The number of amidine groups is 1. The van der Waals surface area contributed by atoms with Gasteiger partial charge in [0, 0.05) is 6.54 Å². The fraction of sp³-hybridized carbons (Fsp3) is 0.700. The number of nitrogens with one attached hydrogen (secondary N) is 1. The quantitative estimate of drug-likeness (QED) is 0.759. The number of nitrogens with zero attached hydrogens (tertiary/aromatic N) is 1. The van der Waals surface area contributed by atoms with Gasteiger partial charge in [0.1, 0.15) is 5.75 Å². The van der Waals surface area contributed by atoms with Gasteiger partial charge in [0.15, 0.2) is 5.17 Å². The highest BCUT2D eigenvalue weighted by Crippen LogP contribution is 2.23. The Balaban J connectivity index is 1.71. The van der Waals surface area contributed by atoms with Crippen LogP contribution in [-0.4, -0.2) is 17.6 Å². The van der Waals surface area contributed by atoms with Crippen molar-refractivity contribution in [3.63, 3.8) is 0 Å². The monoisotopic (exact) mass is 211 g/mol. The molecule has 1 amide bonds. The van der Waals surface area contributed by atoms with Crippen molar-refractivity contribution in [1.82, 2.24) is 5.32 Å². The minimum Gasteiger partial charge on any atom is -0.364 e. The van der Waals surface area contributed by atoms with Gasteiger partial charge in [-0.1, -0.05) is 31.0 Å². The van der Waals surface area contributed by atoms with Gasteiger partial charge in [0.25, 0.3) is 5.91 Å². The summed E-state index contributed by atoms with van der Waals surface area (Å²) >= 11 is 1.40. The second kappa shape index (κ2) is 4.82. The second-order valence-electron chi connectivity index (χ2n) is 3.88. The highest BCUT2D eigenvalue weighted by atomic mass is 32.2. The van der Waals surface area contributed by atoms with Gasteiger partial charge in [-0.05, 0) is 18.8 Å². The van der Waals surface area contributed by atoms with Crippen molar-refractivity contribution in [3.8, 4) is 0 Å². The maximum atomic E-state index is 10.8. The molecule has 14 heavy (non-hydrogen) atoms. The SMILES string of the molecule is O=C1[CH]SC(NCC2CCCCC2)=N1. The molecule has 1 saturated carbocycles. The zero-order valence-corrected chi connectivity index (χ0v) is 8.98. The van der Waals surface area contributed by atoms with E-state index in [0.717, 1.165) is 17.6 Å². The first-order chi connectivity index (χ1) is 6.84. The summed E-state index contributed by atoms with van der Waals surface area (Å²) in [5.74, 6) is 2.20. The molecule has 1 N–H and O–H groups in total. The van der Waals surface area contributed by atoms with Gasteiger partial charge in [-0.2, -0.15) is 4.99 Å². The molecule has 0 spiro atoms. The number of hydrogen-bond acceptors (Lipinski definition) is 3. The first-order valence-electron chi connectivity index (χ1n) is 5.21. The lowest BCUT2D eigenvalue weighted by molar-refractivity contribution is -0.113. The van der Waals surface area contributed by atoms with E-state index in [1.807, 2.05) is 0 Å². The van der Waals surface area contributed by atoms with Crippen molar-refractivity contribution in [3.05, 3.63) is 5.75 Å². The molecule has 2 rings (SSSR count). The Hall–Kier alpha value is -0.510. The zero-order chi connectivity index (χ0) is 9.80. The van der Waals surface area contributed by atoms with Crippen molar-refractivity contribution in [2.45, 2.75) is 32.1 Å². The van der Waals surface area contributed by atoms with Crippen molar-refractivity contribution in [2.75, 3.05) is 6.54 Å². The average Bonchev–Trinajstić information content (AvgIpc) is 2.63. The molecule has 0 aromatic carbocycles. The predicted octanol–water partition coefficient (Wildman–Crippen LogP) is 1.95. The summed E-state index contributed by atoms with van der Waals surface area (Å²) in [6, 6.07) is 0. The van der Waals surface area contributed by atoms with E-state index in [9.17, 15) is 4.79 Å². The average molecular weight is 211 g/mol. The molecule has 0 aromatic heterocycles. The van der Waals surface area contributed by atoms with Crippen molar-refractivity contribution in [2.24, 2.45) is 10.9 Å². The zero-order valence-electron chi connectivity index (χ0n) is 8.16. The molecule has 1 heterocycles. The fourth-order valence-electron chi connectivity index (χ4n) is 1.96. The van der Waals surface area contributed by atoms with Crippen LogP contribution < -0.4 is 5.32 Å². The third-order valence-corrected chi connectivity index (χ3v) is 3.53. The lowest BCUT2D eigenvalue weighted by Gasteiger charge is -2.21. The molecule has 1 fully saturated rings. The van der Waals surface area contributed by atoms with Crippen LogP contribution in [0.3, 0.4) is 0 Å². The highest BCUT2D eigenvalue weighted by Gasteiger charge is 2.17. The minimum absolute atomic E-state index is 0.124. The van der Waals surface area contributed by atoms with E-state index in [4.69, 9.17) is 0 Å².